The third-order valence-electron chi connectivity index (χ3n) is 7.60. The summed E-state index contributed by atoms with van der Waals surface area (Å²) in [6, 6.07) is 34.6. The van der Waals surface area contributed by atoms with E-state index >= 15 is 0 Å². The van der Waals surface area contributed by atoms with Crippen LogP contribution < -0.4 is 28.5 Å². The van der Waals surface area contributed by atoms with E-state index in [-0.39, 0.29) is 29.9 Å². The average molecular weight is 769 g/mol. The Kier molecular flexibility index (Phi) is 16.0. The van der Waals surface area contributed by atoms with Gasteiger partial charge in [0.25, 0.3) is 0 Å². The summed E-state index contributed by atoms with van der Waals surface area (Å²) in [5, 5.41) is 7.13. The first-order valence-electron chi connectivity index (χ1n) is 17.0. The van der Waals surface area contributed by atoms with Crippen molar-refractivity contribution < 1.29 is 0 Å². The van der Waals surface area contributed by atoms with Crippen LogP contribution in [0.5, 0.6) is 0 Å². The fourth-order valence-electron chi connectivity index (χ4n) is 5.04. The van der Waals surface area contributed by atoms with Crippen LogP contribution in [-0.4, -0.2) is 107 Å². The zero-order valence-corrected chi connectivity index (χ0v) is 31.1. The van der Waals surface area contributed by atoms with Crippen LogP contribution in [0.25, 0.3) is 0 Å². The quantitative estimate of drug-likeness (QED) is 0.270. The minimum atomic E-state index is 0.170. The Morgan fingerprint density at radius 2 is 0.604 bits per heavy atom. The first kappa shape index (κ1) is 35.8. The summed E-state index contributed by atoms with van der Waals surface area (Å²) >= 11 is 0.339. The van der Waals surface area contributed by atoms with Crippen molar-refractivity contribution in [2.75, 3.05) is 52.4 Å². The first-order valence-corrected chi connectivity index (χ1v) is 20.4. The topological polar surface area (TPSA) is 73.5 Å². The summed E-state index contributed by atoms with van der Waals surface area (Å²) in [5.74, 6) is 0. The molecule has 0 aromatic heterocycles. The second-order valence-electron chi connectivity index (χ2n) is 11.4. The Hall–Kier alpha value is -3.48. The molecule has 0 unspecified atom stereocenters. The van der Waals surface area contributed by atoms with E-state index in [9.17, 15) is 0 Å². The summed E-state index contributed by atoms with van der Waals surface area (Å²) in [4.78, 5) is 19.1. The second kappa shape index (κ2) is 21.5. The molecular weight excluding hydrogens is 722 g/mol. The summed E-state index contributed by atoms with van der Waals surface area (Å²) in [5.41, 5.74) is 4.85. The molecule has 0 radical (unpaired) electrons. The van der Waals surface area contributed by atoms with Gasteiger partial charge >= 0.3 is 301 Å². The van der Waals surface area contributed by atoms with E-state index in [1.54, 1.807) is 0 Å². The van der Waals surface area contributed by atoms with E-state index in [0.717, 1.165) is 78.0 Å². The predicted octanol–water partition coefficient (Wildman–Crippen LogP) is 3.13. The van der Waals surface area contributed by atoms with E-state index in [0.29, 0.717) is 0 Å². The molecule has 1 heterocycles. The van der Waals surface area contributed by atoms with Gasteiger partial charge < -0.3 is 0 Å². The maximum atomic E-state index is 4.77. The van der Waals surface area contributed by atoms with E-state index in [2.05, 4.69) is 133 Å². The van der Waals surface area contributed by atoms with Crippen molar-refractivity contribution in [1.82, 2.24) is 10.6 Å². The molecule has 1 aliphatic rings. The molecule has 0 bridgehead atoms. The molecule has 6 nitrogen and oxygen atoms in total. The number of hydrogen-bond acceptors (Lipinski definition) is 6. The molecule has 4 aromatic carbocycles. The van der Waals surface area contributed by atoms with Crippen LogP contribution in [0.3, 0.4) is 0 Å². The third-order valence-corrected chi connectivity index (χ3v) is 12.6. The molecule has 4 aromatic rings. The molecule has 0 aliphatic carbocycles. The van der Waals surface area contributed by atoms with Gasteiger partial charge in [-0.3, -0.25) is 0 Å². The fraction of sp³-hybridized carbons (Fsp3) is 0.300. The molecule has 2 N–H and O–H groups in total. The fourth-order valence-corrected chi connectivity index (χ4v) is 9.27. The monoisotopic (exact) mass is 770 g/mol. The van der Waals surface area contributed by atoms with Crippen LogP contribution in [0.1, 0.15) is 47.9 Å². The van der Waals surface area contributed by atoms with Crippen LogP contribution in [0.2, 0.25) is 0 Å². The van der Waals surface area contributed by atoms with E-state index in [4.69, 9.17) is 20.0 Å². The summed E-state index contributed by atoms with van der Waals surface area (Å²) in [6.07, 6.45) is 12.3. The number of nitrogens with one attached hydrogen (secondary N) is 2. The Morgan fingerprint density at radius 1 is 0.354 bits per heavy atom. The first-order chi connectivity index (χ1) is 23.9. The summed E-state index contributed by atoms with van der Waals surface area (Å²) in [7, 11) is 0. The molecule has 0 saturated carbocycles. The number of hydrogen-bond donors (Lipinski definition) is 2. The molecule has 0 saturated heterocycles. The molecule has 0 amide bonds. The molecule has 0 fully saturated rings. The van der Waals surface area contributed by atoms with Crippen LogP contribution in [-0.2, 0) is 0 Å². The Morgan fingerprint density at radius 3 is 0.875 bits per heavy atom. The Balaban J connectivity index is 1.21. The van der Waals surface area contributed by atoms with Gasteiger partial charge in [0.2, 0.25) is 0 Å². The van der Waals surface area contributed by atoms with Crippen LogP contribution in [0.4, 0.5) is 0 Å². The molecule has 1 aliphatic heterocycles. The van der Waals surface area contributed by atoms with Crippen molar-refractivity contribution in [3.05, 3.63) is 119 Å². The summed E-state index contributed by atoms with van der Waals surface area (Å²) in [6.45, 7) is 7.12. The van der Waals surface area contributed by atoms with Gasteiger partial charge in [0.15, 0.2) is 0 Å². The molecule has 0 spiro atoms. The van der Waals surface area contributed by atoms with Gasteiger partial charge in [0, 0.05) is 0 Å². The number of rotatable bonds is 0. The van der Waals surface area contributed by atoms with Gasteiger partial charge in [-0.25, -0.2) is 0 Å². The molecule has 0 atom stereocenters. The van der Waals surface area contributed by atoms with Crippen molar-refractivity contribution in [3.63, 3.8) is 0 Å². The minimum absolute atomic E-state index is 0.170. The second-order valence-corrected chi connectivity index (χ2v) is 16.0. The maximum absolute atomic E-state index is 4.77. The van der Waals surface area contributed by atoms with Gasteiger partial charge in [-0.05, 0) is 0 Å². The zero-order valence-electron chi connectivity index (χ0n) is 27.6. The van der Waals surface area contributed by atoms with Crippen LogP contribution in [0, 0.1) is 0 Å². The summed E-state index contributed by atoms with van der Waals surface area (Å²) < 4.78 is 5.39. The molecular formula is C40H46N6Se2. The average Bonchev–Trinajstić information content (AvgIpc) is 3.11. The number of aliphatic imine (C=N–C) groups is 4. The SMILES string of the molecule is C1=NCCCNCCCN=Cc2ccccc2[Se]c2ccccc2C=NCCCNCCCN=Cc2ccccc2[Se]c2ccccc21. The van der Waals surface area contributed by atoms with Gasteiger partial charge in [-0.15, -0.1) is 0 Å². The molecule has 48 heavy (non-hydrogen) atoms. The van der Waals surface area contributed by atoms with Gasteiger partial charge in [0.1, 0.15) is 0 Å². The molecule has 5 rings (SSSR count). The van der Waals surface area contributed by atoms with Gasteiger partial charge in [-0.2, -0.15) is 0 Å². The third kappa shape index (κ3) is 12.5. The predicted molar refractivity (Wildman–Crippen MR) is 210 cm³/mol. The molecule has 248 valence electrons. The van der Waals surface area contributed by atoms with Crippen molar-refractivity contribution in [3.8, 4) is 0 Å². The number of benzene rings is 4. The number of nitrogens with zero attached hydrogens (tertiary/aromatic N) is 4. The van der Waals surface area contributed by atoms with E-state index in [1.807, 2.05) is 0 Å². The number of fused-ring (bicyclic) bond motifs is 4. The van der Waals surface area contributed by atoms with Crippen LogP contribution >= 0.6 is 0 Å². The van der Waals surface area contributed by atoms with Crippen molar-refractivity contribution in [2.24, 2.45) is 20.0 Å². The molecule has 8 heteroatoms. The Labute approximate surface area is 299 Å². The van der Waals surface area contributed by atoms with Gasteiger partial charge in [-0.1, -0.05) is 0 Å². The standard InChI is InChI=1S/C40H46N6Se2/c1-5-17-37-33(13-1)29-43-25-9-21-41-22-10-27-45-31-35-15-3-7-19-39(35)48-40-20-8-4-16-36(40)32-46-28-12-24-42-23-11-26-44-30-34-14-2-6-18-38(34)47-37/h1-8,13-20,29-32,41-42H,9-12,21-28H2. The zero-order chi connectivity index (χ0) is 32.9. The van der Waals surface area contributed by atoms with E-state index < -0.39 is 0 Å². The normalized spacial score (nSPS) is 16.3. The van der Waals surface area contributed by atoms with Gasteiger partial charge in [0.05, 0.1) is 0 Å². The van der Waals surface area contributed by atoms with Crippen molar-refractivity contribution in [2.45, 2.75) is 25.7 Å². The van der Waals surface area contributed by atoms with Crippen molar-refractivity contribution in [1.29, 1.82) is 0 Å². The van der Waals surface area contributed by atoms with E-state index in [1.165, 1.54) is 40.1 Å². The van der Waals surface area contributed by atoms with Crippen LogP contribution in [0.15, 0.2) is 117 Å². The Bertz CT molecular complexity index is 1420. The van der Waals surface area contributed by atoms with Crippen molar-refractivity contribution >= 4 is 72.6 Å².